The fraction of sp³-hybridized carbons (Fsp3) is 0.333. The first-order valence-electron chi connectivity index (χ1n) is 8.56. The van der Waals surface area contributed by atoms with Gasteiger partial charge in [-0.15, -0.1) is 0 Å². The van der Waals surface area contributed by atoms with Gasteiger partial charge < -0.3 is 20.3 Å². The lowest BCUT2D eigenvalue weighted by atomic mass is 9.97. The Balaban J connectivity index is 1.68. The smallest absolute Gasteiger partial charge is 0.254 e. The fourth-order valence-electron chi connectivity index (χ4n) is 3.24. The van der Waals surface area contributed by atoms with Crippen LogP contribution in [0.5, 0.6) is 0 Å². The van der Waals surface area contributed by atoms with Crippen LogP contribution in [0.25, 0.3) is 11.0 Å². The number of fused-ring (bicyclic) bond motifs is 1. The van der Waals surface area contributed by atoms with Crippen molar-refractivity contribution in [1.82, 2.24) is 14.9 Å². The van der Waals surface area contributed by atoms with Crippen LogP contribution in [0.15, 0.2) is 28.9 Å². The number of carbonyl (C=O) groups excluding carboxylic acids is 1. The Hall–Kier alpha value is -3.38. The molecule has 3 heterocycles. The molecular weight excluding hydrogens is 348 g/mol. The summed E-state index contributed by atoms with van der Waals surface area (Å²) >= 11 is 0. The molecule has 1 amide bonds. The summed E-state index contributed by atoms with van der Waals surface area (Å²) in [6.45, 7) is 2.76. The lowest BCUT2D eigenvalue weighted by Crippen LogP contribution is -2.29. The van der Waals surface area contributed by atoms with Gasteiger partial charge in [0.2, 0.25) is 0 Å². The summed E-state index contributed by atoms with van der Waals surface area (Å²) in [7, 11) is 0. The number of carbonyl (C=O) groups is 1. The minimum atomic E-state index is -0.601. The van der Waals surface area contributed by atoms with Gasteiger partial charge in [0.05, 0.1) is 30.3 Å². The van der Waals surface area contributed by atoms with Crippen LogP contribution in [-0.4, -0.2) is 34.1 Å². The number of rotatable bonds is 4. The van der Waals surface area contributed by atoms with E-state index in [0.717, 1.165) is 16.8 Å². The number of nitriles is 1. The van der Waals surface area contributed by atoms with Crippen molar-refractivity contribution in [3.63, 3.8) is 0 Å². The van der Waals surface area contributed by atoms with Gasteiger partial charge in [-0.05, 0) is 31.5 Å². The highest BCUT2D eigenvalue weighted by atomic mass is 16.5. The number of aromatic nitrogens is 3. The summed E-state index contributed by atoms with van der Waals surface area (Å²) in [6, 6.07) is 7.49. The Morgan fingerprint density at radius 1 is 1.48 bits per heavy atom. The van der Waals surface area contributed by atoms with Gasteiger partial charge in [-0.2, -0.15) is 10.4 Å². The van der Waals surface area contributed by atoms with Crippen LogP contribution in [0.4, 0.5) is 11.5 Å². The summed E-state index contributed by atoms with van der Waals surface area (Å²) in [5, 5.41) is 21.8. The highest BCUT2D eigenvalue weighted by molar-refractivity contribution is 5.98. The second kappa shape index (κ2) is 6.74. The Kier molecular flexibility index (Phi) is 4.25. The topological polar surface area (TPSA) is 132 Å². The summed E-state index contributed by atoms with van der Waals surface area (Å²) in [6.07, 6.45) is 2.19. The number of aryl methyl sites for hydroxylation is 1. The number of benzene rings is 1. The van der Waals surface area contributed by atoms with Crippen molar-refractivity contribution in [3.8, 4) is 6.07 Å². The molecule has 9 nitrogen and oxygen atoms in total. The summed E-state index contributed by atoms with van der Waals surface area (Å²) in [4.78, 5) is 11.9. The van der Waals surface area contributed by atoms with E-state index in [1.54, 1.807) is 23.0 Å². The molecular formula is C18H18N6O3. The van der Waals surface area contributed by atoms with Crippen LogP contribution in [0, 0.1) is 24.2 Å². The molecule has 138 valence electrons. The standard InChI is InChI=1S/C18H18N6O3/c1-10-13-6-12(2-3-16(13)27-23-10)21-18-14(17(20)25)8-24(22-18)15-9-26-5-4-11(15)7-19/h2-3,6,8,11,15H,4-5,9H2,1H3,(H2,20,25)(H,21,22)/t11-,15+/m1/s1. The number of hydrogen-bond donors (Lipinski definition) is 2. The van der Waals surface area contributed by atoms with Crippen molar-refractivity contribution in [2.45, 2.75) is 19.4 Å². The van der Waals surface area contributed by atoms with Crippen molar-refractivity contribution < 1.29 is 14.1 Å². The Labute approximate surface area is 154 Å². The van der Waals surface area contributed by atoms with Crippen molar-refractivity contribution in [1.29, 1.82) is 5.26 Å². The molecule has 1 aromatic carbocycles. The van der Waals surface area contributed by atoms with Gasteiger partial charge in [-0.3, -0.25) is 9.48 Å². The third-order valence-electron chi connectivity index (χ3n) is 4.74. The number of anilines is 2. The van der Waals surface area contributed by atoms with E-state index in [4.69, 9.17) is 15.0 Å². The maximum Gasteiger partial charge on any atom is 0.254 e. The molecule has 0 radical (unpaired) electrons. The van der Waals surface area contributed by atoms with Gasteiger partial charge in [0.1, 0.15) is 5.56 Å². The molecule has 1 aliphatic heterocycles. The molecule has 3 aromatic rings. The number of hydrogen-bond acceptors (Lipinski definition) is 7. The van der Waals surface area contributed by atoms with E-state index in [1.807, 2.05) is 13.0 Å². The SMILES string of the molecule is Cc1noc2ccc(Nc3nn([C@H]4COCC[C@@H]4C#N)cc3C(N)=O)cc12. The third kappa shape index (κ3) is 3.11. The first-order valence-corrected chi connectivity index (χ1v) is 8.56. The number of nitrogens with one attached hydrogen (secondary N) is 1. The van der Waals surface area contributed by atoms with E-state index in [2.05, 4.69) is 21.6 Å². The molecule has 4 rings (SSSR count). The van der Waals surface area contributed by atoms with Crippen LogP contribution in [0.2, 0.25) is 0 Å². The molecule has 0 aliphatic carbocycles. The Bertz CT molecular complexity index is 1050. The van der Waals surface area contributed by atoms with Gasteiger partial charge in [0, 0.05) is 23.9 Å². The van der Waals surface area contributed by atoms with Crippen LogP contribution in [0.1, 0.15) is 28.5 Å². The van der Waals surface area contributed by atoms with E-state index in [1.165, 1.54) is 0 Å². The average molecular weight is 366 g/mol. The summed E-state index contributed by atoms with van der Waals surface area (Å²) in [5.41, 5.74) is 7.94. The normalized spacial score (nSPS) is 19.7. The van der Waals surface area contributed by atoms with Crippen LogP contribution < -0.4 is 11.1 Å². The van der Waals surface area contributed by atoms with Crippen LogP contribution in [0.3, 0.4) is 0 Å². The summed E-state index contributed by atoms with van der Waals surface area (Å²) in [5.74, 6) is -0.502. The molecule has 1 fully saturated rings. The number of ether oxygens (including phenoxy) is 1. The number of nitrogens with zero attached hydrogens (tertiary/aromatic N) is 4. The monoisotopic (exact) mass is 366 g/mol. The summed E-state index contributed by atoms with van der Waals surface area (Å²) < 4.78 is 12.3. The van der Waals surface area contributed by atoms with Gasteiger partial charge >= 0.3 is 0 Å². The van der Waals surface area contributed by atoms with Gasteiger partial charge in [-0.1, -0.05) is 5.16 Å². The molecule has 2 aromatic heterocycles. The van der Waals surface area contributed by atoms with E-state index >= 15 is 0 Å². The number of nitrogens with two attached hydrogens (primary N) is 1. The molecule has 27 heavy (non-hydrogen) atoms. The van der Waals surface area contributed by atoms with E-state index < -0.39 is 5.91 Å². The minimum Gasteiger partial charge on any atom is -0.379 e. The molecule has 1 saturated heterocycles. The molecule has 0 unspecified atom stereocenters. The first-order chi connectivity index (χ1) is 13.1. The highest BCUT2D eigenvalue weighted by Gasteiger charge is 2.29. The van der Waals surface area contributed by atoms with E-state index in [-0.39, 0.29) is 17.5 Å². The number of primary amides is 1. The number of amides is 1. The van der Waals surface area contributed by atoms with Crippen LogP contribution in [-0.2, 0) is 4.74 Å². The van der Waals surface area contributed by atoms with E-state index in [0.29, 0.717) is 31.0 Å². The predicted octanol–water partition coefficient (Wildman–Crippen LogP) is 2.28. The largest absolute Gasteiger partial charge is 0.379 e. The molecule has 0 bridgehead atoms. The highest BCUT2D eigenvalue weighted by Crippen LogP contribution is 2.29. The lowest BCUT2D eigenvalue weighted by Gasteiger charge is -2.26. The zero-order valence-electron chi connectivity index (χ0n) is 14.7. The average Bonchev–Trinajstić information content (AvgIpc) is 3.26. The van der Waals surface area contributed by atoms with Crippen molar-refractivity contribution in [2.24, 2.45) is 11.7 Å². The van der Waals surface area contributed by atoms with Crippen molar-refractivity contribution in [2.75, 3.05) is 18.5 Å². The molecule has 3 N–H and O–H groups in total. The first kappa shape index (κ1) is 17.1. The maximum absolute atomic E-state index is 11.9. The minimum absolute atomic E-state index is 0.233. The quantitative estimate of drug-likeness (QED) is 0.724. The molecule has 0 spiro atoms. The fourth-order valence-corrected chi connectivity index (χ4v) is 3.24. The predicted molar refractivity (Wildman–Crippen MR) is 96.3 cm³/mol. The second-order valence-electron chi connectivity index (χ2n) is 6.51. The lowest BCUT2D eigenvalue weighted by molar-refractivity contribution is 0.0342. The molecule has 9 heteroatoms. The Morgan fingerprint density at radius 2 is 2.33 bits per heavy atom. The zero-order chi connectivity index (χ0) is 19.0. The van der Waals surface area contributed by atoms with Gasteiger partial charge in [0.15, 0.2) is 11.4 Å². The molecule has 1 aliphatic rings. The van der Waals surface area contributed by atoms with Gasteiger partial charge in [0.25, 0.3) is 5.91 Å². The molecule has 2 atom stereocenters. The third-order valence-corrected chi connectivity index (χ3v) is 4.74. The zero-order valence-corrected chi connectivity index (χ0v) is 14.7. The maximum atomic E-state index is 11.9. The van der Waals surface area contributed by atoms with Crippen LogP contribution >= 0.6 is 0 Å². The van der Waals surface area contributed by atoms with Crippen molar-refractivity contribution >= 4 is 28.4 Å². The van der Waals surface area contributed by atoms with Gasteiger partial charge in [-0.25, -0.2) is 0 Å². The Morgan fingerprint density at radius 3 is 3.11 bits per heavy atom. The van der Waals surface area contributed by atoms with E-state index in [9.17, 15) is 10.1 Å². The van der Waals surface area contributed by atoms with Crippen molar-refractivity contribution in [3.05, 3.63) is 35.7 Å². The second-order valence-corrected chi connectivity index (χ2v) is 6.51. The molecule has 0 saturated carbocycles.